The topological polar surface area (TPSA) is 84.3 Å². The van der Waals surface area contributed by atoms with E-state index in [4.69, 9.17) is 15.0 Å². The van der Waals surface area contributed by atoms with Gasteiger partial charge >= 0.3 is 0 Å². The van der Waals surface area contributed by atoms with Crippen LogP contribution in [0.5, 0.6) is 0 Å². The van der Waals surface area contributed by atoms with E-state index < -0.39 is 5.79 Å². The third-order valence-electron chi connectivity index (χ3n) is 12.0. The van der Waals surface area contributed by atoms with Gasteiger partial charge in [0.15, 0.2) is 5.79 Å². The van der Waals surface area contributed by atoms with Crippen molar-refractivity contribution in [1.82, 2.24) is 0 Å². The van der Waals surface area contributed by atoms with Gasteiger partial charge in [0.1, 0.15) is 5.78 Å². The summed E-state index contributed by atoms with van der Waals surface area (Å²) in [5, 5.41) is 4.07. The minimum atomic E-state index is -0.462. The molecule has 1 spiro atoms. The van der Waals surface area contributed by atoms with Gasteiger partial charge in [0.05, 0.1) is 12.7 Å². The summed E-state index contributed by atoms with van der Waals surface area (Å²) in [4.78, 5) is 17.2. The number of fused-ring (bicyclic) bond motifs is 7. The Morgan fingerprint density at radius 3 is 2.61 bits per heavy atom. The van der Waals surface area contributed by atoms with Crippen molar-refractivity contribution in [3.8, 4) is 0 Å². The van der Waals surface area contributed by atoms with Gasteiger partial charge in [0.25, 0.3) is 0 Å². The summed E-state index contributed by atoms with van der Waals surface area (Å²) in [5.74, 6) is 3.31. The standard InChI is InChI=1S/C27H41N3O3/c1-15-7-10-27(32-14-15)16(2)24-22(33-27)12-21-19-6-5-17-11-18(29-30-28)8-9-25(17,3)20(19)13-23(31)26(21,24)4/h15-22,24H,5-14H2,1-4H3/t15-,16+,17+,18+,19-,20+,21+,22+,24+,25+,26-,27-/m1/s1. The van der Waals surface area contributed by atoms with Crippen molar-refractivity contribution < 1.29 is 14.3 Å². The Bertz CT molecular complexity index is 878. The fourth-order valence-corrected chi connectivity index (χ4v) is 10.1. The molecule has 0 N–H and O–H groups in total. The fourth-order valence-electron chi connectivity index (χ4n) is 10.1. The average molecular weight is 456 g/mol. The van der Waals surface area contributed by atoms with Crippen LogP contribution >= 0.6 is 0 Å². The van der Waals surface area contributed by atoms with Gasteiger partial charge in [-0.15, -0.1) is 0 Å². The van der Waals surface area contributed by atoms with Gasteiger partial charge in [-0.2, -0.15) is 0 Å². The molecule has 0 aromatic carbocycles. The van der Waals surface area contributed by atoms with E-state index in [2.05, 4.69) is 37.7 Å². The first kappa shape index (κ1) is 22.4. The van der Waals surface area contributed by atoms with Crippen LogP contribution in [0.25, 0.3) is 10.4 Å². The van der Waals surface area contributed by atoms with Crippen molar-refractivity contribution in [3.05, 3.63) is 10.4 Å². The summed E-state index contributed by atoms with van der Waals surface area (Å²) in [7, 11) is 0. The van der Waals surface area contributed by atoms with E-state index >= 15 is 0 Å². The van der Waals surface area contributed by atoms with Crippen LogP contribution in [0.15, 0.2) is 5.11 Å². The molecule has 12 atom stereocenters. The highest BCUT2D eigenvalue weighted by molar-refractivity contribution is 5.87. The van der Waals surface area contributed by atoms with Crippen LogP contribution in [0.3, 0.4) is 0 Å². The molecule has 182 valence electrons. The minimum Gasteiger partial charge on any atom is -0.349 e. The van der Waals surface area contributed by atoms with Crippen molar-refractivity contribution in [3.63, 3.8) is 0 Å². The van der Waals surface area contributed by atoms with E-state index in [-0.39, 0.29) is 34.8 Å². The van der Waals surface area contributed by atoms with Crippen molar-refractivity contribution >= 4 is 5.78 Å². The van der Waals surface area contributed by atoms with Gasteiger partial charge in [0, 0.05) is 41.0 Å². The molecule has 0 radical (unpaired) electrons. The normalized spacial score (nSPS) is 57.6. The third-order valence-corrected chi connectivity index (χ3v) is 12.0. The van der Waals surface area contributed by atoms with E-state index in [0.29, 0.717) is 35.4 Å². The number of ketones is 1. The van der Waals surface area contributed by atoms with Crippen LogP contribution in [0, 0.1) is 52.3 Å². The molecule has 0 unspecified atom stereocenters. The lowest BCUT2D eigenvalue weighted by Gasteiger charge is -2.60. The Morgan fingerprint density at radius 2 is 1.88 bits per heavy atom. The summed E-state index contributed by atoms with van der Waals surface area (Å²) in [6, 6.07) is 0.142. The maximum Gasteiger partial charge on any atom is 0.171 e. The Labute approximate surface area is 198 Å². The van der Waals surface area contributed by atoms with Crippen LogP contribution in [-0.2, 0) is 14.3 Å². The van der Waals surface area contributed by atoms with Gasteiger partial charge in [-0.3, -0.25) is 4.79 Å². The van der Waals surface area contributed by atoms with Gasteiger partial charge in [-0.05, 0) is 85.5 Å². The quantitative estimate of drug-likeness (QED) is 0.264. The van der Waals surface area contributed by atoms with Gasteiger partial charge in [-0.25, -0.2) is 0 Å². The lowest BCUT2D eigenvalue weighted by molar-refractivity contribution is -0.272. The van der Waals surface area contributed by atoms with Crippen LogP contribution in [-0.4, -0.2) is 30.3 Å². The minimum absolute atomic E-state index is 0.142. The monoisotopic (exact) mass is 455 g/mol. The molecule has 4 saturated carbocycles. The molecule has 0 aromatic rings. The van der Waals surface area contributed by atoms with Gasteiger partial charge in [0.2, 0.25) is 0 Å². The molecule has 6 rings (SSSR count). The van der Waals surface area contributed by atoms with E-state index in [1.165, 1.54) is 12.8 Å². The zero-order valence-corrected chi connectivity index (χ0v) is 20.8. The lowest BCUT2D eigenvalue weighted by Crippen LogP contribution is -2.58. The number of azide groups is 1. The first-order valence-electron chi connectivity index (χ1n) is 13.6. The molecule has 6 nitrogen and oxygen atoms in total. The van der Waals surface area contributed by atoms with Crippen LogP contribution < -0.4 is 0 Å². The number of carbonyl (C=O) groups excluding carboxylic acids is 1. The molecule has 4 aliphatic carbocycles. The second kappa shape index (κ2) is 7.45. The van der Waals surface area contributed by atoms with Crippen molar-refractivity contribution in [1.29, 1.82) is 0 Å². The number of Topliss-reactive ketones (excluding diaryl/α,β-unsaturated/α-hetero) is 1. The predicted octanol–water partition coefficient (Wildman–Crippen LogP) is 6.29. The van der Waals surface area contributed by atoms with E-state index in [0.717, 1.165) is 51.6 Å². The van der Waals surface area contributed by atoms with Crippen molar-refractivity contribution in [2.24, 2.45) is 57.4 Å². The summed E-state index contributed by atoms with van der Waals surface area (Å²) in [5.41, 5.74) is 8.86. The molecule has 2 saturated heterocycles. The molecule has 6 aliphatic rings. The lowest BCUT2D eigenvalue weighted by atomic mass is 9.44. The highest BCUT2D eigenvalue weighted by Crippen LogP contribution is 2.70. The number of ether oxygens (including phenoxy) is 2. The summed E-state index contributed by atoms with van der Waals surface area (Å²) >= 11 is 0. The zero-order chi connectivity index (χ0) is 23.2. The van der Waals surface area contributed by atoms with E-state index in [1.807, 2.05) is 0 Å². The largest absolute Gasteiger partial charge is 0.349 e. The Hall–Kier alpha value is -1.10. The number of hydrogen-bond acceptors (Lipinski definition) is 4. The smallest absolute Gasteiger partial charge is 0.171 e. The van der Waals surface area contributed by atoms with E-state index in [9.17, 15) is 4.79 Å². The number of rotatable bonds is 1. The molecule has 0 aromatic heterocycles. The summed E-state index contributed by atoms with van der Waals surface area (Å²) < 4.78 is 13.2. The van der Waals surface area contributed by atoms with Gasteiger partial charge in [-0.1, -0.05) is 32.8 Å². The maximum atomic E-state index is 14.1. The van der Waals surface area contributed by atoms with Crippen LogP contribution in [0.4, 0.5) is 0 Å². The molecule has 0 bridgehead atoms. The second-order valence-electron chi connectivity index (χ2n) is 13.2. The summed E-state index contributed by atoms with van der Waals surface area (Å²) in [6.45, 7) is 10.1. The van der Waals surface area contributed by atoms with E-state index in [1.54, 1.807) is 0 Å². The predicted molar refractivity (Wildman–Crippen MR) is 125 cm³/mol. The van der Waals surface area contributed by atoms with Crippen molar-refractivity contribution in [2.45, 2.75) is 103 Å². The van der Waals surface area contributed by atoms with Crippen molar-refractivity contribution in [2.75, 3.05) is 6.61 Å². The molecular weight excluding hydrogens is 414 g/mol. The maximum absolute atomic E-state index is 14.1. The average Bonchev–Trinajstić information content (AvgIpc) is 3.23. The zero-order valence-electron chi connectivity index (χ0n) is 20.8. The SMILES string of the molecule is C[C@@H]1CC[C@@]2(OC1)O[C@H]1C[C@H]3[C@@H]4CC[C@H]5C[C@@H](N=[N+]=[N-])CC[C@]5(C)[C@H]4CC(=O)[C@]3(C)[C@H]1[C@@H]2C. The molecular formula is C27H41N3O3. The molecule has 6 heteroatoms. The molecule has 33 heavy (non-hydrogen) atoms. The molecule has 6 fully saturated rings. The number of hydrogen-bond donors (Lipinski definition) is 0. The first-order chi connectivity index (χ1) is 15.7. The Balaban J connectivity index is 1.27. The number of carbonyl (C=O) groups is 1. The Kier molecular flexibility index (Phi) is 5.05. The highest BCUT2D eigenvalue weighted by Gasteiger charge is 2.71. The Morgan fingerprint density at radius 1 is 1.06 bits per heavy atom. The molecule has 2 heterocycles. The number of nitrogens with zero attached hydrogens (tertiary/aromatic N) is 3. The third kappa shape index (κ3) is 2.93. The fraction of sp³-hybridized carbons (Fsp3) is 0.963. The first-order valence-corrected chi connectivity index (χ1v) is 13.6. The molecule has 2 aliphatic heterocycles. The summed E-state index contributed by atoms with van der Waals surface area (Å²) in [6.07, 6.45) is 9.55. The highest BCUT2D eigenvalue weighted by atomic mass is 16.7. The van der Waals surface area contributed by atoms with Crippen LogP contribution in [0.2, 0.25) is 0 Å². The second-order valence-corrected chi connectivity index (χ2v) is 13.2. The van der Waals surface area contributed by atoms with Crippen LogP contribution in [0.1, 0.15) is 85.5 Å². The molecule has 0 amide bonds. The van der Waals surface area contributed by atoms with Gasteiger partial charge < -0.3 is 9.47 Å².